The molecule has 172 valence electrons. The van der Waals surface area contributed by atoms with Gasteiger partial charge in [0.15, 0.2) is 17.3 Å². The largest absolute Gasteiger partial charge is 0.494 e. The Hall–Kier alpha value is -3.45. The highest BCUT2D eigenvalue weighted by molar-refractivity contribution is 5.59. The van der Waals surface area contributed by atoms with Crippen molar-refractivity contribution in [3.63, 3.8) is 0 Å². The molecule has 0 unspecified atom stereocenters. The molecule has 0 spiro atoms. The van der Waals surface area contributed by atoms with E-state index in [-0.39, 0.29) is 0 Å². The summed E-state index contributed by atoms with van der Waals surface area (Å²) in [6, 6.07) is 17.9. The lowest BCUT2D eigenvalue weighted by Crippen LogP contribution is -2.27. The minimum atomic E-state index is 0.623. The molecule has 0 fully saturated rings. The smallest absolute Gasteiger partial charge is 0.163 e. The van der Waals surface area contributed by atoms with Gasteiger partial charge in [0.05, 0.1) is 6.61 Å². The maximum Gasteiger partial charge on any atom is 0.163 e. The molecule has 0 aliphatic rings. The predicted octanol–water partition coefficient (Wildman–Crippen LogP) is 4.50. The van der Waals surface area contributed by atoms with E-state index in [1.807, 2.05) is 49.4 Å². The summed E-state index contributed by atoms with van der Waals surface area (Å²) >= 11 is 0. The lowest BCUT2D eigenvalue weighted by molar-refractivity contribution is 0.222. The molecule has 2 heterocycles. The second kappa shape index (κ2) is 10.9. The Bertz CT molecular complexity index is 1170. The number of hydrogen-bond donors (Lipinski definition) is 0. The highest BCUT2D eigenvalue weighted by Gasteiger charge is 2.11. The van der Waals surface area contributed by atoms with Crippen LogP contribution in [-0.4, -0.2) is 57.3 Å². The van der Waals surface area contributed by atoms with Crippen molar-refractivity contribution in [1.82, 2.24) is 24.5 Å². The number of nitrogens with zero attached hydrogens (tertiary/aromatic N) is 5. The van der Waals surface area contributed by atoms with Gasteiger partial charge < -0.3 is 14.4 Å². The monoisotopic (exact) mass is 445 g/mol. The molecule has 7 heteroatoms. The van der Waals surface area contributed by atoms with Crippen LogP contribution in [0.15, 0.2) is 60.8 Å². The molecule has 33 heavy (non-hydrogen) atoms. The normalized spacial score (nSPS) is 11.3. The molecular weight excluding hydrogens is 414 g/mol. The third kappa shape index (κ3) is 5.68. The van der Waals surface area contributed by atoms with Crippen molar-refractivity contribution in [2.24, 2.45) is 0 Å². The lowest BCUT2D eigenvalue weighted by Gasteiger charge is -2.18. The molecule has 0 aliphatic heterocycles. The van der Waals surface area contributed by atoms with E-state index in [2.05, 4.69) is 35.9 Å². The number of ether oxygens (including phenoxy) is 2. The van der Waals surface area contributed by atoms with Gasteiger partial charge in [0.25, 0.3) is 0 Å². The fourth-order valence-corrected chi connectivity index (χ4v) is 3.76. The fourth-order valence-electron chi connectivity index (χ4n) is 3.76. The molecule has 2 aromatic heterocycles. The summed E-state index contributed by atoms with van der Waals surface area (Å²) in [5.41, 5.74) is 2.85. The van der Waals surface area contributed by atoms with Crippen molar-refractivity contribution in [2.45, 2.75) is 27.2 Å². The third-order valence-electron chi connectivity index (χ3n) is 5.55. The zero-order valence-corrected chi connectivity index (χ0v) is 19.6. The van der Waals surface area contributed by atoms with Crippen LogP contribution in [0.4, 0.5) is 0 Å². The van der Waals surface area contributed by atoms with Gasteiger partial charge in [-0.05, 0) is 62.0 Å². The molecule has 4 rings (SSSR count). The minimum Gasteiger partial charge on any atom is -0.494 e. The summed E-state index contributed by atoms with van der Waals surface area (Å²) < 4.78 is 13.3. The average Bonchev–Trinajstić information content (AvgIpc) is 3.25. The van der Waals surface area contributed by atoms with E-state index < -0.39 is 0 Å². The summed E-state index contributed by atoms with van der Waals surface area (Å²) in [6.45, 7) is 10.6. The molecular formula is C26H31N5O2. The second-order valence-corrected chi connectivity index (χ2v) is 7.72. The van der Waals surface area contributed by atoms with Crippen LogP contribution in [0.2, 0.25) is 0 Å². The minimum absolute atomic E-state index is 0.623. The number of rotatable bonds is 11. The van der Waals surface area contributed by atoms with Gasteiger partial charge in [-0.15, -0.1) is 5.10 Å². The van der Waals surface area contributed by atoms with Gasteiger partial charge in [-0.2, -0.15) is 4.52 Å². The topological polar surface area (TPSA) is 64.8 Å². The molecule has 0 atom stereocenters. The predicted molar refractivity (Wildman–Crippen MR) is 130 cm³/mol. The number of aromatic nitrogens is 4. The van der Waals surface area contributed by atoms with Crippen LogP contribution in [0.1, 0.15) is 32.2 Å². The van der Waals surface area contributed by atoms with Gasteiger partial charge in [0.1, 0.15) is 18.1 Å². The van der Waals surface area contributed by atoms with Crippen molar-refractivity contribution in [3.05, 3.63) is 72.2 Å². The van der Waals surface area contributed by atoms with Gasteiger partial charge in [-0.25, -0.2) is 9.97 Å². The lowest BCUT2D eigenvalue weighted by atomic mass is 10.1. The van der Waals surface area contributed by atoms with Crippen molar-refractivity contribution >= 4 is 5.65 Å². The highest BCUT2D eigenvalue weighted by Crippen LogP contribution is 2.22. The first-order valence-corrected chi connectivity index (χ1v) is 11.6. The molecule has 0 saturated carbocycles. The van der Waals surface area contributed by atoms with Crippen LogP contribution in [-0.2, 0) is 6.42 Å². The number of benzene rings is 2. The van der Waals surface area contributed by atoms with Gasteiger partial charge in [0, 0.05) is 30.8 Å². The quantitative estimate of drug-likeness (QED) is 0.339. The first-order chi connectivity index (χ1) is 16.2. The molecule has 4 aromatic rings. The van der Waals surface area contributed by atoms with E-state index in [1.165, 1.54) is 0 Å². The standard InChI is InChI=1S/C26H31N5O2/c1-4-30(5-2)16-17-33-23-9-7-8-20(18-23)19-24-28-25-14-15-27-26(31(25)29-24)21-10-12-22(13-11-21)32-6-3/h7-15,18H,4-6,16-17,19H2,1-3H3. The number of likely N-dealkylation sites (N-methyl/N-ethyl adjacent to an activating group) is 1. The van der Waals surface area contributed by atoms with Gasteiger partial charge in [0.2, 0.25) is 0 Å². The van der Waals surface area contributed by atoms with Gasteiger partial charge in [-0.1, -0.05) is 26.0 Å². The Labute approximate surface area is 195 Å². The maximum absolute atomic E-state index is 5.97. The molecule has 2 aromatic carbocycles. The van der Waals surface area contributed by atoms with Crippen LogP contribution in [0.3, 0.4) is 0 Å². The van der Waals surface area contributed by atoms with Crippen LogP contribution in [0, 0.1) is 0 Å². The van der Waals surface area contributed by atoms with E-state index >= 15 is 0 Å². The van der Waals surface area contributed by atoms with Gasteiger partial charge in [-0.3, -0.25) is 0 Å². The zero-order chi connectivity index (χ0) is 23.0. The summed E-state index contributed by atoms with van der Waals surface area (Å²) in [7, 11) is 0. The summed E-state index contributed by atoms with van der Waals surface area (Å²) in [5, 5.41) is 4.74. The summed E-state index contributed by atoms with van der Waals surface area (Å²) in [5.74, 6) is 3.21. The van der Waals surface area contributed by atoms with E-state index in [1.54, 1.807) is 10.7 Å². The molecule has 0 amide bonds. The maximum atomic E-state index is 5.97. The molecule has 0 radical (unpaired) electrons. The summed E-state index contributed by atoms with van der Waals surface area (Å²) in [6.07, 6.45) is 2.39. The van der Waals surface area contributed by atoms with Gasteiger partial charge >= 0.3 is 0 Å². The van der Waals surface area contributed by atoms with E-state index in [0.717, 1.165) is 59.6 Å². The van der Waals surface area contributed by atoms with Crippen molar-refractivity contribution in [2.75, 3.05) is 32.8 Å². The van der Waals surface area contributed by atoms with Crippen LogP contribution in [0.25, 0.3) is 17.0 Å². The Morgan fingerprint density at radius 2 is 1.73 bits per heavy atom. The molecule has 0 bridgehead atoms. The van der Waals surface area contributed by atoms with Crippen molar-refractivity contribution in [1.29, 1.82) is 0 Å². The molecule has 0 aliphatic carbocycles. The second-order valence-electron chi connectivity index (χ2n) is 7.72. The Morgan fingerprint density at radius 1 is 0.909 bits per heavy atom. The highest BCUT2D eigenvalue weighted by atomic mass is 16.5. The first-order valence-electron chi connectivity index (χ1n) is 11.6. The molecule has 0 saturated heterocycles. The Kier molecular flexibility index (Phi) is 7.52. The van der Waals surface area contributed by atoms with Crippen molar-refractivity contribution < 1.29 is 9.47 Å². The van der Waals surface area contributed by atoms with E-state index in [4.69, 9.17) is 19.6 Å². The average molecular weight is 446 g/mol. The SMILES string of the molecule is CCOc1ccc(-c2nccc3nc(Cc4cccc(OCCN(CC)CC)c4)nn23)cc1. The van der Waals surface area contributed by atoms with Crippen molar-refractivity contribution in [3.8, 4) is 22.9 Å². The number of hydrogen-bond acceptors (Lipinski definition) is 6. The molecule has 7 nitrogen and oxygen atoms in total. The van der Waals surface area contributed by atoms with Crippen LogP contribution < -0.4 is 9.47 Å². The van der Waals surface area contributed by atoms with E-state index in [0.29, 0.717) is 19.6 Å². The Balaban J connectivity index is 1.49. The Morgan fingerprint density at radius 3 is 2.48 bits per heavy atom. The van der Waals surface area contributed by atoms with Crippen LogP contribution in [0.5, 0.6) is 11.5 Å². The third-order valence-corrected chi connectivity index (χ3v) is 5.55. The summed E-state index contributed by atoms with van der Waals surface area (Å²) in [4.78, 5) is 11.6. The zero-order valence-electron chi connectivity index (χ0n) is 19.6. The first kappa shape index (κ1) is 22.7. The van der Waals surface area contributed by atoms with Crippen LogP contribution >= 0.6 is 0 Å². The fraction of sp³-hybridized carbons (Fsp3) is 0.346. The number of fused-ring (bicyclic) bond motifs is 1. The molecule has 0 N–H and O–H groups in total. The van der Waals surface area contributed by atoms with E-state index in [9.17, 15) is 0 Å².